The Morgan fingerprint density at radius 2 is 2.11 bits per heavy atom. The molecule has 0 aliphatic heterocycles. The van der Waals surface area contributed by atoms with Crippen molar-refractivity contribution >= 4 is 17.0 Å². The standard InChI is InChI=1S/C13H12N4OS/c1-7-3-9(14)4-10(8(7)2)13-16-12(17-18-13)11-5-15-6-19-11/h3-6H,14H2,1-2H3. The molecule has 3 rings (SSSR count). The Bertz CT molecular complexity index is 718. The third-order valence-electron chi connectivity index (χ3n) is 3.00. The minimum atomic E-state index is 0.483. The molecule has 0 saturated heterocycles. The van der Waals surface area contributed by atoms with Crippen LogP contribution in [0.2, 0.25) is 0 Å². The minimum absolute atomic E-state index is 0.483. The highest BCUT2D eigenvalue weighted by Crippen LogP contribution is 2.29. The number of hydrogen-bond donors (Lipinski definition) is 1. The Morgan fingerprint density at radius 1 is 1.26 bits per heavy atom. The molecule has 0 spiro atoms. The molecule has 0 aliphatic carbocycles. The van der Waals surface area contributed by atoms with Gasteiger partial charge in [0.2, 0.25) is 5.82 Å². The summed E-state index contributed by atoms with van der Waals surface area (Å²) in [5.74, 6) is 1.04. The van der Waals surface area contributed by atoms with Crippen molar-refractivity contribution < 1.29 is 4.52 Å². The zero-order chi connectivity index (χ0) is 13.4. The van der Waals surface area contributed by atoms with Gasteiger partial charge in [-0.15, -0.1) is 11.3 Å². The Kier molecular flexibility index (Phi) is 2.79. The zero-order valence-electron chi connectivity index (χ0n) is 10.5. The molecule has 0 atom stereocenters. The van der Waals surface area contributed by atoms with Crippen LogP contribution in [0.1, 0.15) is 11.1 Å². The highest BCUT2D eigenvalue weighted by atomic mass is 32.1. The summed E-state index contributed by atoms with van der Waals surface area (Å²) in [6.45, 7) is 4.02. The summed E-state index contributed by atoms with van der Waals surface area (Å²) < 4.78 is 5.33. The van der Waals surface area contributed by atoms with Gasteiger partial charge in [-0.1, -0.05) is 5.16 Å². The lowest BCUT2D eigenvalue weighted by Gasteiger charge is -2.06. The first-order chi connectivity index (χ1) is 9.15. The average molecular weight is 272 g/mol. The zero-order valence-corrected chi connectivity index (χ0v) is 11.4. The minimum Gasteiger partial charge on any atom is -0.399 e. The lowest BCUT2D eigenvalue weighted by Crippen LogP contribution is -1.92. The van der Waals surface area contributed by atoms with Crippen molar-refractivity contribution in [1.29, 1.82) is 0 Å². The third kappa shape index (κ3) is 2.10. The fourth-order valence-corrected chi connectivity index (χ4v) is 2.41. The van der Waals surface area contributed by atoms with Gasteiger partial charge < -0.3 is 10.3 Å². The van der Waals surface area contributed by atoms with E-state index in [0.29, 0.717) is 17.4 Å². The maximum atomic E-state index is 5.87. The topological polar surface area (TPSA) is 77.8 Å². The maximum absolute atomic E-state index is 5.87. The molecule has 2 heterocycles. The lowest BCUT2D eigenvalue weighted by atomic mass is 10.0. The third-order valence-corrected chi connectivity index (χ3v) is 3.77. The molecular weight excluding hydrogens is 260 g/mol. The van der Waals surface area contributed by atoms with E-state index in [0.717, 1.165) is 21.6 Å². The predicted molar refractivity (Wildman–Crippen MR) is 74.7 cm³/mol. The van der Waals surface area contributed by atoms with Gasteiger partial charge in [0, 0.05) is 17.4 Å². The van der Waals surface area contributed by atoms with Crippen LogP contribution >= 0.6 is 11.3 Å². The highest BCUT2D eigenvalue weighted by molar-refractivity contribution is 7.13. The van der Waals surface area contributed by atoms with E-state index in [-0.39, 0.29) is 0 Å². The molecule has 0 fully saturated rings. The van der Waals surface area contributed by atoms with Gasteiger partial charge in [-0.05, 0) is 37.1 Å². The second-order valence-corrected chi connectivity index (χ2v) is 5.19. The summed E-state index contributed by atoms with van der Waals surface area (Å²) in [5.41, 5.74) is 11.4. The van der Waals surface area contributed by atoms with Gasteiger partial charge >= 0.3 is 0 Å². The fraction of sp³-hybridized carbons (Fsp3) is 0.154. The van der Waals surface area contributed by atoms with E-state index < -0.39 is 0 Å². The molecule has 5 nitrogen and oxygen atoms in total. The number of benzene rings is 1. The molecule has 19 heavy (non-hydrogen) atoms. The van der Waals surface area contributed by atoms with E-state index in [1.807, 2.05) is 26.0 Å². The normalized spacial score (nSPS) is 10.8. The Labute approximate surface area is 114 Å². The van der Waals surface area contributed by atoms with Crippen LogP contribution in [0.25, 0.3) is 22.2 Å². The van der Waals surface area contributed by atoms with E-state index in [2.05, 4.69) is 15.1 Å². The van der Waals surface area contributed by atoms with Crippen LogP contribution < -0.4 is 5.73 Å². The molecule has 6 heteroatoms. The van der Waals surface area contributed by atoms with Crippen LogP contribution in [-0.4, -0.2) is 15.1 Å². The van der Waals surface area contributed by atoms with Gasteiger partial charge in [0.25, 0.3) is 5.89 Å². The van der Waals surface area contributed by atoms with Crippen LogP contribution in [0.15, 0.2) is 28.4 Å². The van der Waals surface area contributed by atoms with E-state index >= 15 is 0 Å². The number of anilines is 1. The second-order valence-electron chi connectivity index (χ2n) is 4.30. The molecule has 0 unspecified atom stereocenters. The van der Waals surface area contributed by atoms with E-state index in [9.17, 15) is 0 Å². The maximum Gasteiger partial charge on any atom is 0.258 e. The van der Waals surface area contributed by atoms with Crippen molar-refractivity contribution in [2.45, 2.75) is 13.8 Å². The predicted octanol–water partition coefficient (Wildman–Crippen LogP) is 3.06. The van der Waals surface area contributed by atoms with Crippen LogP contribution in [0.5, 0.6) is 0 Å². The van der Waals surface area contributed by atoms with Crippen LogP contribution in [0.4, 0.5) is 5.69 Å². The van der Waals surface area contributed by atoms with Crippen LogP contribution in [-0.2, 0) is 0 Å². The number of aryl methyl sites for hydroxylation is 1. The van der Waals surface area contributed by atoms with Gasteiger partial charge in [0.1, 0.15) is 0 Å². The molecule has 0 radical (unpaired) electrons. The number of thiazole rings is 1. The molecule has 0 amide bonds. The summed E-state index contributed by atoms with van der Waals surface area (Å²) in [5, 5.41) is 3.98. The van der Waals surface area contributed by atoms with Crippen molar-refractivity contribution in [3.05, 3.63) is 35.0 Å². The van der Waals surface area contributed by atoms with Gasteiger partial charge in [-0.25, -0.2) is 0 Å². The number of nitrogen functional groups attached to an aromatic ring is 1. The fourth-order valence-electron chi connectivity index (χ4n) is 1.87. The molecule has 0 bridgehead atoms. The number of nitrogens with zero attached hydrogens (tertiary/aromatic N) is 3. The van der Waals surface area contributed by atoms with Crippen LogP contribution in [0.3, 0.4) is 0 Å². The smallest absolute Gasteiger partial charge is 0.258 e. The van der Waals surface area contributed by atoms with Gasteiger partial charge in [0.15, 0.2) is 0 Å². The summed E-state index contributed by atoms with van der Waals surface area (Å²) in [6.07, 6.45) is 1.72. The van der Waals surface area contributed by atoms with Crippen molar-refractivity contribution in [3.63, 3.8) is 0 Å². The summed E-state index contributed by atoms with van der Waals surface area (Å²) in [7, 11) is 0. The molecule has 3 aromatic rings. The van der Waals surface area contributed by atoms with Gasteiger partial charge in [-0.2, -0.15) is 4.98 Å². The SMILES string of the molecule is Cc1cc(N)cc(-c2nc(-c3cncs3)no2)c1C. The number of aromatic nitrogens is 3. The van der Waals surface area contributed by atoms with Crippen LogP contribution in [0, 0.1) is 13.8 Å². The van der Waals surface area contributed by atoms with Crippen molar-refractivity contribution in [2.24, 2.45) is 0 Å². The van der Waals surface area contributed by atoms with Gasteiger partial charge in [-0.3, -0.25) is 4.98 Å². The number of rotatable bonds is 2. The molecule has 96 valence electrons. The van der Waals surface area contributed by atoms with E-state index in [1.165, 1.54) is 11.3 Å². The second kappa shape index (κ2) is 4.47. The molecule has 2 N–H and O–H groups in total. The van der Waals surface area contributed by atoms with Crippen molar-refractivity contribution in [2.75, 3.05) is 5.73 Å². The van der Waals surface area contributed by atoms with Gasteiger partial charge in [0.05, 0.1) is 10.4 Å². The van der Waals surface area contributed by atoms with Crippen molar-refractivity contribution in [1.82, 2.24) is 15.1 Å². The van der Waals surface area contributed by atoms with Crippen molar-refractivity contribution in [3.8, 4) is 22.2 Å². The Morgan fingerprint density at radius 3 is 2.84 bits per heavy atom. The molecule has 0 saturated carbocycles. The molecule has 2 aromatic heterocycles. The molecule has 0 aliphatic rings. The monoisotopic (exact) mass is 272 g/mol. The molecular formula is C13H12N4OS. The summed E-state index contributed by atoms with van der Waals surface area (Å²) in [4.78, 5) is 9.29. The first-order valence-electron chi connectivity index (χ1n) is 5.75. The molecule has 1 aromatic carbocycles. The number of nitrogens with two attached hydrogens (primary N) is 1. The lowest BCUT2D eigenvalue weighted by molar-refractivity contribution is 0.432. The largest absolute Gasteiger partial charge is 0.399 e. The summed E-state index contributed by atoms with van der Waals surface area (Å²) >= 11 is 1.47. The Balaban J connectivity index is 2.09. The van der Waals surface area contributed by atoms with E-state index in [4.69, 9.17) is 10.3 Å². The quantitative estimate of drug-likeness (QED) is 0.725. The average Bonchev–Trinajstić information content (AvgIpc) is 3.03. The highest BCUT2D eigenvalue weighted by Gasteiger charge is 2.15. The summed E-state index contributed by atoms with van der Waals surface area (Å²) in [6, 6.07) is 3.78. The van der Waals surface area contributed by atoms with E-state index in [1.54, 1.807) is 11.7 Å². The first kappa shape index (κ1) is 11.9. The number of hydrogen-bond acceptors (Lipinski definition) is 6. The first-order valence-corrected chi connectivity index (χ1v) is 6.63. The Hall–Kier alpha value is -2.21.